The number of hydrogen-bond donors (Lipinski definition) is 0. The van der Waals surface area contributed by atoms with Crippen molar-refractivity contribution in [2.24, 2.45) is 0 Å². The van der Waals surface area contributed by atoms with E-state index in [1.54, 1.807) is 0 Å². The Labute approximate surface area is 88.9 Å². The van der Waals surface area contributed by atoms with Crippen LogP contribution < -0.4 is 4.98 Å². The second-order valence-corrected chi connectivity index (χ2v) is 3.10. The fourth-order valence-electron chi connectivity index (χ4n) is 1.06. The van der Waals surface area contributed by atoms with E-state index in [1.165, 1.54) is 10.9 Å². The maximum absolute atomic E-state index is 8.54. The zero-order valence-electron chi connectivity index (χ0n) is 7.58. The Hall–Kier alpha value is -1.51. The van der Waals surface area contributed by atoms with Crippen molar-refractivity contribution in [1.29, 1.82) is 0 Å². The molecule has 0 aliphatic carbocycles. The number of rotatable bonds is 0. The Morgan fingerprint density at radius 2 is 1.47 bits per heavy atom. The van der Waals surface area contributed by atoms with Crippen LogP contribution in [0.15, 0.2) is 42.6 Å². The number of fused-ring (bicyclic) bond motifs is 1. The normalized spacial score (nSPS) is 8.27. The van der Waals surface area contributed by atoms with E-state index >= 15 is 0 Å². The topological polar surface area (TPSA) is 65.3 Å². The van der Waals surface area contributed by atoms with E-state index in [0.29, 0.717) is 0 Å². The minimum absolute atomic E-state index is 0. The van der Waals surface area contributed by atoms with Gasteiger partial charge in [-0.15, -0.1) is 0 Å². The van der Waals surface area contributed by atoms with Gasteiger partial charge in [0, 0.05) is 17.5 Å². The van der Waals surface area contributed by atoms with Crippen molar-refractivity contribution in [2.45, 2.75) is 0 Å². The van der Waals surface area contributed by atoms with Crippen LogP contribution in [0.3, 0.4) is 0 Å². The molecule has 0 bridgehead atoms. The van der Waals surface area contributed by atoms with Gasteiger partial charge in [-0.3, -0.25) is 4.70 Å². The summed E-state index contributed by atoms with van der Waals surface area (Å²) in [6.45, 7) is 0. The maximum Gasteiger partial charge on any atom is 0.210 e. The van der Waals surface area contributed by atoms with E-state index in [-0.39, 0.29) is 4.70 Å². The summed E-state index contributed by atoms with van der Waals surface area (Å²) < 4.78 is 25.6. The quantitative estimate of drug-likeness (QED) is 0.710. The Morgan fingerprint density at radius 1 is 0.933 bits per heavy atom. The zero-order chi connectivity index (χ0) is 10.4. The molecule has 0 unspecified atom stereocenters. The molecule has 0 aliphatic heterocycles. The molecule has 15 heavy (non-hydrogen) atoms. The third-order valence-corrected chi connectivity index (χ3v) is 1.57. The smallest absolute Gasteiger partial charge is 0.210 e. The largest absolute Gasteiger partial charge is 0.211 e. The van der Waals surface area contributed by atoms with Crippen LogP contribution in [-0.2, 0) is 25.4 Å². The monoisotopic (exact) mass is 250 g/mol. The number of aromatic amines is 1. The van der Waals surface area contributed by atoms with Crippen LogP contribution in [0.25, 0.3) is 10.9 Å². The van der Waals surface area contributed by atoms with Crippen molar-refractivity contribution in [3.05, 3.63) is 42.6 Å². The number of pyridine rings is 1. The number of para-hydroxylation sites is 1. The Bertz CT molecular complexity index is 455. The standard InChI is InChI=1S/C9H7N.Cr.FH.3O/c1-2-6-9-8(4-1)5-3-7-10-9;;;;;/h1-7H;;1H;;;/p+1. The van der Waals surface area contributed by atoms with Crippen LogP contribution in [-0.4, -0.2) is 0 Å². The summed E-state index contributed by atoms with van der Waals surface area (Å²) in [7, 11) is 0. The van der Waals surface area contributed by atoms with Gasteiger partial charge in [-0.05, 0) is 12.1 Å². The first-order valence-corrected chi connectivity index (χ1v) is 5.38. The van der Waals surface area contributed by atoms with E-state index in [1.807, 2.05) is 24.4 Å². The summed E-state index contributed by atoms with van der Waals surface area (Å²) >= 11 is -3.79. The third kappa shape index (κ3) is 5.06. The Balaban J connectivity index is 0.000000346. The number of aromatic nitrogens is 1. The molecular formula is C9H9CrFNO3+. The van der Waals surface area contributed by atoms with Crippen molar-refractivity contribution in [1.82, 2.24) is 0 Å². The fraction of sp³-hybridized carbons (Fsp3) is 0. The minimum atomic E-state index is -3.79. The molecule has 0 saturated carbocycles. The molecule has 2 aromatic rings. The molecule has 0 spiro atoms. The molecule has 6 heteroatoms. The van der Waals surface area contributed by atoms with Crippen molar-refractivity contribution in [3.63, 3.8) is 0 Å². The Morgan fingerprint density at radius 3 is 2.07 bits per heavy atom. The van der Waals surface area contributed by atoms with E-state index in [2.05, 4.69) is 23.2 Å². The van der Waals surface area contributed by atoms with Gasteiger partial charge in [-0.25, -0.2) is 4.98 Å². The van der Waals surface area contributed by atoms with Gasteiger partial charge in [0.25, 0.3) is 0 Å². The molecule has 0 radical (unpaired) electrons. The SMILES string of the molecule is F.[O]=[Cr](=[O])=[O].c1ccc2[nH+]cccc2c1. The molecule has 4 nitrogen and oxygen atoms in total. The van der Waals surface area contributed by atoms with E-state index in [4.69, 9.17) is 11.4 Å². The van der Waals surface area contributed by atoms with Crippen molar-refractivity contribution in [3.8, 4) is 0 Å². The summed E-state index contributed by atoms with van der Waals surface area (Å²) in [6, 6.07) is 12.3. The predicted octanol–water partition coefficient (Wildman–Crippen LogP) is 1.45. The van der Waals surface area contributed by atoms with Crippen LogP contribution in [0, 0.1) is 0 Å². The second kappa shape index (κ2) is 6.87. The predicted molar refractivity (Wildman–Crippen MR) is 45.1 cm³/mol. The zero-order valence-corrected chi connectivity index (χ0v) is 8.86. The molecule has 1 aromatic heterocycles. The molecule has 0 atom stereocenters. The van der Waals surface area contributed by atoms with Crippen LogP contribution in [0.1, 0.15) is 0 Å². The second-order valence-electron chi connectivity index (χ2n) is 2.46. The van der Waals surface area contributed by atoms with E-state index < -0.39 is 14.0 Å². The number of benzene rings is 1. The van der Waals surface area contributed by atoms with Gasteiger partial charge < -0.3 is 0 Å². The first kappa shape index (κ1) is 13.5. The van der Waals surface area contributed by atoms with Crippen molar-refractivity contribution >= 4 is 10.9 Å². The summed E-state index contributed by atoms with van der Waals surface area (Å²) in [5, 5.41) is 1.25. The van der Waals surface area contributed by atoms with Gasteiger partial charge in [-0.1, -0.05) is 12.1 Å². The molecule has 1 N–H and O–H groups in total. The van der Waals surface area contributed by atoms with Crippen LogP contribution in [0.5, 0.6) is 0 Å². The molecule has 0 amide bonds. The molecule has 1 heterocycles. The average molecular weight is 250 g/mol. The van der Waals surface area contributed by atoms with Gasteiger partial charge >= 0.3 is 25.4 Å². The maximum atomic E-state index is 8.54. The summed E-state index contributed by atoms with van der Waals surface area (Å²) in [4.78, 5) is 3.15. The van der Waals surface area contributed by atoms with E-state index in [9.17, 15) is 0 Å². The van der Waals surface area contributed by atoms with Gasteiger partial charge in [-0.2, -0.15) is 0 Å². The molecule has 80 valence electrons. The fourth-order valence-corrected chi connectivity index (χ4v) is 1.06. The molecular weight excluding hydrogens is 241 g/mol. The Kier molecular flexibility index (Phi) is 6.18. The number of nitrogens with one attached hydrogen (secondary N) is 1. The molecule has 0 fully saturated rings. The molecule has 1 aromatic carbocycles. The van der Waals surface area contributed by atoms with Crippen LogP contribution >= 0.6 is 0 Å². The van der Waals surface area contributed by atoms with Crippen molar-refractivity contribution in [2.75, 3.05) is 0 Å². The third-order valence-electron chi connectivity index (χ3n) is 1.57. The average Bonchev–Trinajstić information content (AvgIpc) is 2.17. The first-order chi connectivity index (χ1) is 6.70. The molecule has 2 rings (SSSR count). The van der Waals surface area contributed by atoms with Gasteiger partial charge in [0.15, 0.2) is 6.20 Å². The van der Waals surface area contributed by atoms with Crippen LogP contribution in [0.2, 0.25) is 0 Å². The van der Waals surface area contributed by atoms with Gasteiger partial charge in [0.1, 0.15) is 0 Å². The van der Waals surface area contributed by atoms with Crippen molar-refractivity contribution < 1.29 is 35.0 Å². The van der Waals surface area contributed by atoms with Gasteiger partial charge in [0.2, 0.25) is 5.52 Å². The number of halogens is 1. The molecule has 0 saturated heterocycles. The number of H-pyrrole nitrogens is 1. The van der Waals surface area contributed by atoms with E-state index in [0.717, 1.165) is 0 Å². The van der Waals surface area contributed by atoms with Crippen LogP contribution in [0.4, 0.5) is 4.70 Å². The minimum Gasteiger partial charge on any atom is -0.211 e. The number of hydrogen-bond acceptors (Lipinski definition) is 3. The summed E-state index contributed by atoms with van der Waals surface area (Å²) in [5.74, 6) is 0. The molecule has 0 aliphatic rings. The van der Waals surface area contributed by atoms with Gasteiger partial charge in [0.05, 0.1) is 0 Å². The summed E-state index contributed by atoms with van der Waals surface area (Å²) in [5.41, 5.74) is 1.19. The summed E-state index contributed by atoms with van der Waals surface area (Å²) in [6.07, 6.45) is 1.93. The first-order valence-electron chi connectivity index (χ1n) is 3.82.